The first-order valence-electron chi connectivity index (χ1n) is 11.3. The van der Waals surface area contributed by atoms with Gasteiger partial charge in [-0.2, -0.15) is 0 Å². The summed E-state index contributed by atoms with van der Waals surface area (Å²) in [5.41, 5.74) is 2.67. The summed E-state index contributed by atoms with van der Waals surface area (Å²) in [7, 11) is 1.61. The summed E-state index contributed by atoms with van der Waals surface area (Å²) in [6, 6.07) is 9.84. The molecule has 8 heteroatoms. The highest BCUT2D eigenvalue weighted by atomic mass is 35.5. The Morgan fingerprint density at radius 2 is 1.64 bits per heavy atom. The molecule has 0 bridgehead atoms. The van der Waals surface area contributed by atoms with E-state index in [0.29, 0.717) is 59.0 Å². The van der Waals surface area contributed by atoms with Crippen molar-refractivity contribution in [2.45, 2.75) is 59.3 Å². The van der Waals surface area contributed by atoms with Crippen molar-refractivity contribution >= 4 is 34.9 Å². The van der Waals surface area contributed by atoms with E-state index in [-0.39, 0.29) is 6.03 Å². The Labute approximate surface area is 206 Å². The van der Waals surface area contributed by atoms with Gasteiger partial charge in [-0.25, -0.2) is 4.79 Å². The molecule has 0 aromatic heterocycles. The predicted molar refractivity (Wildman–Crippen MR) is 135 cm³/mol. The van der Waals surface area contributed by atoms with E-state index in [1.165, 1.54) is 0 Å². The number of amides is 2. The van der Waals surface area contributed by atoms with Crippen molar-refractivity contribution in [2.24, 2.45) is 0 Å². The molecule has 33 heavy (non-hydrogen) atoms. The maximum absolute atomic E-state index is 12.9. The lowest BCUT2D eigenvalue weighted by Gasteiger charge is -2.30. The Balaban J connectivity index is 1.59. The second-order valence-electron chi connectivity index (χ2n) is 8.81. The van der Waals surface area contributed by atoms with Gasteiger partial charge in [-0.1, -0.05) is 23.2 Å². The quantitative estimate of drug-likeness (QED) is 0.408. The van der Waals surface area contributed by atoms with Crippen LogP contribution < -0.4 is 14.8 Å². The van der Waals surface area contributed by atoms with E-state index in [0.717, 1.165) is 24.1 Å². The van der Waals surface area contributed by atoms with Crippen molar-refractivity contribution in [2.75, 3.05) is 25.6 Å². The molecule has 1 N–H and O–H groups in total. The first-order chi connectivity index (χ1) is 15.7. The standard InChI is InChI=1S/C25H33Cl2N3O3/c1-16(2)30(17(3)4)9-6-10-33-24-13-20(7-8-23(24)32-5)28-25(31)29-14-18-11-21(26)22(27)12-19(18)15-29/h7-8,11-13,16-17H,6,9-10,14-15H2,1-5H3,(H,28,31). The largest absolute Gasteiger partial charge is 0.493 e. The van der Waals surface area contributed by atoms with Crippen LogP contribution in [0.3, 0.4) is 0 Å². The minimum atomic E-state index is -0.195. The molecule has 0 unspecified atom stereocenters. The number of benzene rings is 2. The van der Waals surface area contributed by atoms with Crippen LogP contribution in [0.5, 0.6) is 11.5 Å². The molecule has 0 aliphatic carbocycles. The van der Waals surface area contributed by atoms with Gasteiger partial charge in [0.1, 0.15) is 0 Å². The van der Waals surface area contributed by atoms with E-state index in [1.807, 2.05) is 12.1 Å². The average molecular weight is 494 g/mol. The van der Waals surface area contributed by atoms with Crippen molar-refractivity contribution in [1.82, 2.24) is 9.80 Å². The van der Waals surface area contributed by atoms with E-state index >= 15 is 0 Å². The summed E-state index contributed by atoms with van der Waals surface area (Å²) in [6.45, 7) is 11.3. The molecule has 2 aromatic carbocycles. The van der Waals surface area contributed by atoms with E-state index in [4.69, 9.17) is 32.7 Å². The highest BCUT2D eigenvalue weighted by Crippen LogP contribution is 2.33. The SMILES string of the molecule is COc1ccc(NC(=O)N2Cc3cc(Cl)c(Cl)cc3C2)cc1OCCCN(C(C)C)C(C)C. The first-order valence-corrected chi connectivity index (χ1v) is 12.0. The zero-order valence-electron chi connectivity index (χ0n) is 20.0. The Morgan fingerprint density at radius 3 is 2.18 bits per heavy atom. The second-order valence-corrected chi connectivity index (χ2v) is 9.63. The van der Waals surface area contributed by atoms with E-state index in [1.54, 1.807) is 30.2 Å². The number of carbonyl (C=O) groups is 1. The van der Waals surface area contributed by atoms with Gasteiger partial charge in [0.15, 0.2) is 11.5 Å². The molecule has 6 nitrogen and oxygen atoms in total. The normalized spacial score (nSPS) is 13.1. The number of nitrogens with zero attached hydrogens (tertiary/aromatic N) is 2. The fourth-order valence-electron chi connectivity index (χ4n) is 4.15. The van der Waals surface area contributed by atoms with Gasteiger partial charge < -0.3 is 19.7 Å². The van der Waals surface area contributed by atoms with Gasteiger partial charge in [0, 0.05) is 43.5 Å². The molecule has 180 valence electrons. The highest BCUT2D eigenvalue weighted by Gasteiger charge is 2.25. The van der Waals surface area contributed by atoms with Gasteiger partial charge in [-0.15, -0.1) is 0 Å². The van der Waals surface area contributed by atoms with E-state index in [2.05, 4.69) is 37.9 Å². The van der Waals surface area contributed by atoms with Crippen molar-refractivity contribution in [1.29, 1.82) is 0 Å². The number of hydrogen-bond acceptors (Lipinski definition) is 4. The summed E-state index contributed by atoms with van der Waals surface area (Å²) in [5, 5.41) is 3.95. The monoisotopic (exact) mass is 493 g/mol. The molecule has 0 atom stereocenters. The van der Waals surface area contributed by atoms with Gasteiger partial charge >= 0.3 is 6.03 Å². The van der Waals surface area contributed by atoms with Crippen LogP contribution in [0, 0.1) is 0 Å². The maximum Gasteiger partial charge on any atom is 0.322 e. The number of rotatable bonds is 9. The van der Waals surface area contributed by atoms with Gasteiger partial charge in [0.25, 0.3) is 0 Å². The minimum absolute atomic E-state index is 0.195. The number of anilines is 1. The Morgan fingerprint density at radius 1 is 1.03 bits per heavy atom. The molecule has 1 heterocycles. The van der Waals surface area contributed by atoms with Gasteiger partial charge in [0.2, 0.25) is 0 Å². The third-order valence-corrected chi connectivity index (χ3v) is 6.53. The van der Waals surface area contributed by atoms with E-state index in [9.17, 15) is 4.79 Å². The van der Waals surface area contributed by atoms with Crippen molar-refractivity contribution in [3.05, 3.63) is 51.5 Å². The predicted octanol–water partition coefficient (Wildman–Crippen LogP) is 6.44. The molecular formula is C25H33Cl2N3O3. The maximum atomic E-state index is 12.9. The number of methoxy groups -OCH3 is 1. The summed E-state index contributed by atoms with van der Waals surface area (Å²) >= 11 is 12.2. The summed E-state index contributed by atoms with van der Waals surface area (Å²) in [5.74, 6) is 1.25. The number of halogens is 2. The van der Waals surface area contributed by atoms with Crippen LogP contribution in [0.2, 0.25) is 10.0 Å². The lowest BCUT2D eigenvalue weighted by Crippen LogP contribution is -2.38. The molecule has 0 spiro atoms. The lowest BCUT2D eigenvalue weighted by molar-refractivity contribution is 0.159. The molecular weight excluding hydrogens is 461 g/mol. The zero-order valence-corrected chi connectivity index (χ0v) is 21.5. The summed E-state index contributed by atoms with van der Waals surface area (Å²) in [6.07, 6.45) is 0.896. The third kappa shape index (κ3) is 6.46. The summed E-state index contributed by atoms with van der Waals surface area (Å²) < 4.78 is 11.5. The minimum Gasteiger partial charge on any atom is -0.493 e. The Hall–Kier alpha value is -2.15. The molecule has 0 fully saturated rings. The molecule has 1 aliphatic heterocycles. The fourth-order valence-corrected chi connectivity index (χ4v) is 4.52. The van der Waals surface area contributed by atoms with E-state index < -0.39 is 0 Å². The topological polar surface area (TPSA) is 54.0 Å². The molecule has 2 aromatic rings. The molecule has 2 amide bonds. The first kappa shape index (κ1) is 25.5. The molecule has 0 saturated heterocycles. The number of ether oxygens (including phenoxy) is 2. The van der Waals surface area contributed by atoms with Crippen molar-refractivity contribution in [3.8, 4) is 11.5 Å². The van der Waals surface area contributed by atoms with Crippen LogP contribution in [-0.2, 0) is 13.1 Å². The number of fused-ring (bicyclic) bond motifs is 1. The van der Waals surface area contributed by atoms with Gasteiger partial charge in [0.05, 0.1) is 23.8 Å². The molecule has 1 aliphatic rings. The van der Waals surface area contributed by atoms with Crippen LogP contribution in [0.15, 0.2) is 30.3 Å². The number of hydrogen-bond donors (Lipinski definition) is 1. The Kier molecular flexibility index (Phi) is 8.74. The van der Waals surface area contributed by atoms with Crippen LogP contribution in [0.4, 0.5) is 10.5 Å². The fraction of sp³-hybridized carbons (Fsp3) is 0.480. The Bertz CT molecular complexity index is 943. The van der Waals surface area contributed by atoms with Gasteiger partial charge in [-0.3, -0.25) is 4.90 Å². The number of nitrogens with one attached hydrogen (secondary N) is 1. The molecule has 0 saturated carbocycles. The highest BCUT2D eigenvalue weighted by molar-refractivity contribution is 6.42. The van der Waals surface area contributed by atoms with Crippen molar-refractivity contribution in [3.63, 3.8) is 0 Å². The smallest absolute Gasteiger partial charge is 0.322 e. The van der Waals surface area contributed by atoms with Crippen LogP contribution in [0.25, 0.3) is 0 Å². The lowest BCUT2D eigenvalue weighted by atomic mass is 10.1. The third-order valence-electron chi connectivity index (χ3n) is 5.81. The molecule has 0 radical (unpaired) electrons. The zero-order chi connectivity index (χ0) is 24.1. The van der Waals surface area contributed by atoms with Crippen LogP contribution in [0.1, 0.15) is 45.2 Å². The van der Waals surface area contributed by atoms with Crippen LogP contribution in [-0.4, -0.2) is 48.2 Å². The van der Waals surface area contributed by atoms with Gasteiger partial charge in [-0.05, 0) is 69.5 Å². The average Bonchev–Trinajstić information content (AvgIpc) is 3.16. The summed E-state index contributed by atoms with van der Waals surface area (Å²) in [4.78, 5) is 17.0. The second kappa shape index (κ2) is 11.3. The number of urea groups is 1. The van der Waals surface area contributed by atoms with Crippen molar-refractivity contribution < 1.29 is 14.3 Å². The molecule has 3 rings (SSSR count). The number of carbonyl (C=O) groups excluding carboxylic acids is 1. The van der Waals surface area contributed by atoms with Crippen LogP contribution >= 0.6 is 23.2 Å².